The average Bonchev–Trinajstić information content (AvgIpc) is 3.33. The van der Waals surface area contributed by atoms with Crippen LogP contribution in [-0.2, 0) is 11.8 Å². The maximum Gasteiger partial charge on any atom is 0.293 e. The van der Waals surface area contributed by atoms with Gasteiger partial charge in [-0.2, -0.15) is 10.1 Å². The second-order valence-electron chi connectivity index (χ2n) is 11.6. The number of nitrogens with zero attached hydrogens (tertiary/aromatic N) is 6. The third kappa shape index (κ3) is 4.09. The van der Waals surface area contributed by atoms with Crippen molar-refractivity contribution in [1.29, 1.82) is 0 Å². The molecule has 0 radical (unpaired) electrons. The van der Waals surface area contributed by atoms with Gasteiger partial charge in [-0.25, -0.2) is 9.97 Å². The zero-order valence-corrected chi connectivity index (χ0v) is 23.2. The van der Waals surface area contributed by atoms with Gasteiger partial charge in [-0.3, -0.25) is 9.48 Å². The Labute approximate surface area is 231 Å². The highest BCUT2D eigenvalue weighted by Crippen LogP contribution is 2.46. The summed E-state index contributed by atoms with van der Waals surface area (Å²) < 4.78 is 7.38. The molecule has 0 aliphatic heterocycles. The minimum atomic E-state index is -0.294. The van der Waals surface area contributed by atoms with Crippen molar-refractivity contribution in [3.05, 3.63) is 65.2 Å². The van der Waals surface area contributed by atoms with Crippen LogP contribution in [0, 0.1) is 6.92 Å². The highest BCUT2D eigenvalue weighted by Gasteiger charge is 2.45. The number of amides is 1. The molecule has 0 spiro atoms. The Balaban J connectivity index is 1.17. The van der Waals surface area contributed by atoms with E-state index < -0.39 is 0 Å². The number of aromatic nitrogens is 7. The van der Waals surface area contributed by atoms with Crippen LogP contribution in [-0.4, -0.2) is 40.8 Å². The second kappa shape index (κ2) is 9.11. The van der Waals surface area contributed by atoms with Gasteiger partial charge in [0.05, 0.1) is 17.8 Å². The number of imidazole rings is 1. The first-order valence-corrected chi connectivity index (χ1v) is 14.0. The maximum atomic E-state index is 13.0. The predicted molar refractivity (Wildman–Crippen MR) is 150 cm³/mol. The Kier molecular flexibility index (Phi) is 5.62. The summed E-state index contributed by atoms with van der Waals surface area (Å²) in [6.07, 6.45) is 8.50. The molecule has 0 unspecified atom stereocenters. The molecule has 2 aliphatic carbocycles. The quantitative estimate of drug-likeness (QED) is 0.288. The number of carbonyl (C=O) groups is 1. The number of pyridine rings is 1. The molecule has 1 atom stereocenters. The summed E-state index contributed by atoms with van der Waals surface area (Å²) in [5, 5.41) is 11.6. The first-order valence-electron chi connectivity index (χ1n) is 14.0. The lowest BCUT2D eigenvalue weighted by Gasteiger charge is -2.26. The van der Waals surface area contributed by atoms with Gasteiger partial charge in [-0.05, 0) is 75.6 Å². The van der Waals surface area contributed by atoms with Gasteiger partial charge in [0, 0.05) is 28.9 Å². The third-order valence-electron chi connectivity index (χ3n) is 8.39. The van der Waals surface area contributed by atoms with E-state index in [2.05, 4.69) is 76.4 Å². The van der Waals surface area contributed by atoms with Crippen LogP contribution in [0.3, 0.4) is 0 Å². The van der Waals surface area contributed by atoms with E-state index in [-0.39, 0.29) is 29.2 Å². The molecule has 204 valence electrons. The summed E-state index contributed by atoms with van der Waals surface area (Å²) in [5.74, 6) is 1.13. The van der Waals surface area contributed by atoms with E-state index in [0.29, 0.717) is 5.89 Å². The van der Waals surface area contributed by atoms with Crippen LogP contribution in [0.2, 0.25) is 0 Å². The van der Waals surface area contributed by atoms with Gasteiger partial charge >= 0.3 is 0 Å². The molecule has 40 heavy (non-hydrogen) atoms. The smallest absolute Gasteiger partial charge is 0.293 e. The molecule has 7 rings (SSSR count). The number of benzene rings is 1. The first-order chi connectivity index (χ1) is 19.3. The van der Waals surface area contributed by atoms with Crippen LogP contribution in [0.25, 0.3) is 33.7 Å². The van der Waals surface area contributed by atoms with Crippen molar-refractivity contribution in [2.75, 3.05) is 0 Å². The van der Waals surface area contributed by atoms with Crippen molar-refractivity contribution in [3.8, 4) is 22.5 Å². The molecule has 5 aromatic rings. The van der Waals surface area contributed by atoms with Crippen LogP contribution < -0.4 is 5.32 Å². The van der Waals surface area contributed by atoms with E-state index in [1.165, 1.54) is 5.56 Å². The van der Waals surface area contributed by atoms with Crippen molar-refractivity contribution in [2.45, 2.75) is 77.3 Å². The number of nitrogens with one attached hydrogen (secondary N) is 2. The lowest BCUT2D eigenvalue weighted by molar-refractivity contribution is 0.0919. The molecule has 10 nitrogen and oxygen atoms in total. The van der Waals surface area contributed by atoms with Gasteiger partial charge in [0.2, 0.25) is 5.89 Å². The normalized spacial score (nSPS) is 17.8. The molecule has 1 saturated carbocycles. The standard InChI is InChI=1S/C30H32N8O2/c1-16(2)38-17(3)22(15-32-38)25-34-24-21(10-13-31-26(24)35-25)19-8-9-20-18(14-19)6-5-7-23(20)33-28(39)27-36-29(40-37-27)30(4)11-12-30/h8-10,13-16,23H,5-7,11-12H2,1-4H3,(H,33,39)(H,31,34,35)/t23-/m0/s1. The number of aromatic amines is 1. The first kappa shape index (κ1) is 24.7. The molecule has 1 amide bonds. The predicted octanol–water partition coefficient (Wildman–Crippen LogP) is 5.62. The molecule has 4 aromatic heterocycles. The highest BCUT2D eigenvalue weighted by molar-refractivity contribution is 5.92. The van der Waals surface area contributed by atoms with E-state index in [1.54, 1.807) is 0 Å². The molecule has 2 aliphatic rings. The van der Waals surface area contributed by atoms with Crippen LogP contribution >= 0.6 is 0 Å². The van der Waals surface area contributed by atoms with Gasteiger partial charge in [0.15, 0.2) is 5.65 Å². The van der Waals surface area contributed by atoms with Crippen molar-refractivity contribution in [2.24, 2.45) is 0 Å². The van der Waals surface area contributed by atoms with E-state index >= 15 is 0 Å². The zero-order chi connectivity index (χ0) is 27.6. The van der Waals surface area contributed by atoms with Crippen molar-refractivity contribution in [3.63, 3.8) is 0 Å². The molecular weight excluding hydrogens is 504 g/mol. The van der Waals surface area contributed by atoms with Crippen molar-refractivity contribution < 1.29 is 9.32 Å². The third-order valence-corrected chi connectivity index (χ3v) is 8.39. The van der Waals surface area contributed by atoms with Crippen LogP contribution in [0.4, 0.5) is 0 Å². The summed E-state index contributed by atoms with van der Waals surface area (Å²) in [6.45, 7) is 8.38. The number of rotatable bonds is 6. The van der Waals surface area contributed by atoms with Gasteiger partial charge in [0.1, 0.15) is 11.3 Å². The fourth-order valence-corrected chi connectivity index (χ4v) is 5.76. The minimum absolute atomic E-state index is 0.0677. The fourth-order valence-electron chi connectivity index (χ4n) is 5.76. The summed E-state index contributed by atoms with van der Waals surface area (Å²) in [4.78, 5) is 30.3. The van der Waals surface area contributed by atoms with Gasteiger partial charge in [-0.15, -0.1) is 0 Å². The van der Waals surface area contributed by atoms with Crippen LogP contribution in [0.5, 0.6) is 0 Å². The number of hydrogen-bond donors (Lipinski definition) is 2. The molecule has 2 N–H and O–H groups in total. The summed E-state index contributed by atoms with van der Waals surface area (Å²) >= 11 is 0. The van der Waals surface area contributed by atoms with Crippen molar-refractivity contribution in [1.82, 2.24) is 40.2 Å². The number of H-pyrrole nitrogens is 1. The molecule has 4 heterocycles. The van der Waals surface area contributed by atoms with E-state index in [1.807, 2.05) is 23.1 Å². The Morgan fingerprint density at radius 1 is 1.20 bits per heavy atom. The van der Waals surface area contributed by atoms with Gasteiger partial charge in [-0.1, -0.05) is 30.3 Å². The van der Waals surface area contributed by atoms with Crippen LogP contribution in [0.1, 0.15) is 91.9 Å². The number of fused-ring (bicyclic) bond motifs is 2. The van der Waals surface area contributed by atoms with Gasteiger partial charge in [0.25, 0.3) is 11.7 Å². The SMILES string of the molecule is Cc1c(-c2nc3c(-c4ccc5c(c4)CCC[C@@H]5NC(=O)c4noc(C5(C)CC5)n4)ccnc3[nH]2)cnn1C(C)C. The number of aryl methyl sites for hydroxylation is 1. The molecular formula is C30H32N8O2. The van der Waals surface area contributed by atoms with Crippen LogP contribution in [0.15, 0.2) is 41.2 Å². The topological polar surface area (TPSA) is 127 Å². The Morgan fingerprint density at radius 3 is 2.83 bits per heavy atom. The average molecular weight is 537 g/mol. The summed E-state index contributed by atoms with van der Waals surface area (Å²) in [7, 11) is 0. The molecule has 1 aromatic carbocycles. The van der Waals surface area contributed by atoms with E-state index in [9.17, 15) is 4.79 Å². The van der Waals surface area contributed by atoms with Gasteiger partial charge < -0.3 is 14.8 Å². The monoisotopic (exact) mass is 536 g/mol. The molecule has 1 fully saturated rings. The summed E-state index contributed by atoms with van der Waals surface area (Å²) in [5.41, 5.74) is 7.99. The molecule has 0 saturated heterocycles. The Morgan fingerprint density at radius 2 is 2.05 bits per heavy atom. The molecule has 0 bridgehead atoms. The number of carbonyl (C=O) groups excluding carboxylic acids is 1. The lowest BCUT2D eigenvalue weighted by atomic mass is 9.85. The largest absolute Gasteiger partial charge is 0.342 e. The Hall–Kier alpha value is -4.34. The van der Waals surface area contributed by atoms with E-state index in [0.717, 1.165) is 77.0 Å². The minimum Gasteiger partial charge on any atom is -0.342 e. The lowest BCUT2D eigenvalue weighted by Crippen LogP contribution is -2.31. The van der Waals surface area contributed by atoms with Crippen molar-refractivity contribution >= 4 is 17.1 Å². The second-order valence-corrected chi connectivity index (χ2v) is 11.6. The zero-order valence-electron chi connectivity index (χ0n) is 23.2. The summed E-state index contributed by atoms with van der Waals surface area (Å²) in [6, 6.07) is 8.63. The Bertz CT molecular complexity index is 1760. The van der Waals surface area contributed by atoms with E-state index in [4.69, 9.17) is 9.51 Å². The maximum absolute atomic E-state index is 13.0. The highest BCUT2D eigenvalue weighted by atomic mass is 16.5. The number of hydrogen-bond acceptors (Lipinski definition) is 7. The molecule has 10 heteroatoms. The fraction of sp³-hybridized carbons (Fsp3) is 0.400.